The number of ketones is 1. The van der Waals surface area contributed by atoms with Gasteiger partial charge in [0.05, 0.1) is 22.4 Å². The van der Waals surface area contributed by atoms with Crippen LogP contribution in [0.2, 0.25) is 10.0 Å². The maximum atomic E-state index is 14.0. The molecule has 3 amide bonds. The Bertz CT molecular complexity index is 1230. The third-order valence-corrected chi connectivity index (χ3v) is 8.36. The average Bonchev–Trinajstić information content (AvgIpc) is 3.53. The molecule has 188 valence electrons. The number of nitrogens with zero attached hydrogens (tertiary/aromatic N) is 2. The molecule has 1 heterocycles. The lowest BCUT2D eigenvalue weighted by Crippen LogP contribution is -2.58. The first-order valence-corrected chi connectivity index (χ1v) is 13.0. The lowest BCUT2D eigenvalue weighted by atomic mass is 9.81. The van der Waals surface area contributed by atoms with Gasteiger partial charge < -0.3 is 0 Å². The Morgan fingerprint density at radius 2 is 1.61 bits per heavy atom. The molecule has 2 saturated carbocycles. The van der Waals surface area contributed by atoms with Crippen LogP contribution >= 0.6 is 34.8 Å². The smallest absolute Gasteiger partial charge is 0.275 e. The van der Waals surface area contributed by atoms with Crippen molar-refractivity contribution in [3.8, 4) is 0 Å². The van der Waals surface area contributed by atoms with Crippen LogP contribution in [0.4, 0.5) is 4.39 Å². The molecule has 0 unspecified atom stereocenters. The molecule has 1 aliphatic heterocycles. The van der Waals surface area contributed by atoms with Crippen molar-refractivity contribution in [3.05, 3.63) is 69.5 Å². The number of hydrogen-bond donors (Lipinski definition) is 0. The molecule has 36 heavy (non-hydrogen) atoms. The number of fused-ring (bicyclic) bond motifs is 5. The Hall–Kier alpha value is -2.48. The number of hydrazine groups is 1. The van der Waals surface area contributed by atoms with E-state index in [2.05, 4.69) is 0 Å². The fourth-order valence-corrected chi connectivity index (χ4v) is 6.73. The predicted molar refractivity (Wildman–Crippen MR) is 132 cm³/mol. The molecule has 0 spiro atoms. The number of alkyl halides is 1. The number of amides is 3. The highest BCUT2D eigenvalue weighted by atomic mass is 35.5. The van der Waals surface area contributed by atoms with Gasteiger partial charge in [0.1, 0.15) is 11.9 Å². The van der Waals surface area contributed by atoms with Crippen molar-refractivity contribution >= 4 is 58.3 Å². The molecule has 2 aromatic carbocycles. The fourth-order valence-electron chi connectivity index (χ4n) is 6.04. The summed E-state index contributed by atoms with van der Waals surface area (Å²) in [6.07, 6.45) is 2.48. The SMILES string of the molecule is O=C(c1ccc(F)cc1)[C@H](CCCl)N(C(=O)c1ccc(Cl)cc1Cl)N1C(=O)[C@H]2[C@H]3CC[C@@H](C3)[C@@H]2C1=O. The summed E-state index contributed by atoms with van der Waals surface area (Å²) in [6.45, 7) is 0. The highest BCUT2D eigenvalue weighted by molar-refractivity contribution is 6.36. The van der Waals surface area contributed by atoms with Crippen molar-refractivity contribution in [1.82, 2.24) is 10.0 Å². The summed E-state index contributed by atoms with van der Waals surface area (Å²) < 4.78 is 13.5. The number of carbonyl (C=O) groups is 4. The van der Waals surface area contributed by atoms with Crippen molar-refractivity contribution in [2.45, 2.75) is 31.7 Å². The second-order valence-electron chi connectivity index (χ2n) is 9.51. The molecule has 2 aliphatic carbocycles. The van der Waals surface area contributed by atoms with Gasteiger partial charge in [0, 0.05) is 16.5 Å². The van der Waals surface area contributed by atoms with E-state index >= 15 is 0 Å². The molecule has 5 rings (SSSR count). The van der Waals surface area contributed by atoms with Crippen molar-refractivity contribution < 1.29 is 23.6 Å². The number of Topliss-reactive ketones (excluding diaryl/α,β-unsaturated/α-hetero) is 1. The third-order valence-electron chi connectivity index (χ3n) is 7.60. The van der Waals surface area contributed by atoms with Crippen LogP contribution in [0.15, 0.2) is 42.5 Å². The maximum absolute atomic E-state index is 14.0. The van der Waals surface area contributed by atoms with Crippen LogP contribution in [0, 0.1) is 29.5 Å². The third kappa shape index (κ3) is 4.11. The van der Waals surface area contributed by atoms with E-state index in [1.54, 1.807) is 0 Å². The molecule has 3 fully saturated rings. The summed E-state index contributed by atoms with van der Waals surface area (Å²) in [6, 6.07) is 7.75. The van der Waals surface area contributed by atoms with Crippen LogP contribution < -0.4 is 0 Å². The monoisotopic (exact) mass is 550 g/mol. The van der Waals surface area contributed by atoms with E-state index in [9.17, 15) is 23.6 Å². The Balaban J connectivity index is 1.61. The number of halogens is 4. The van der Waals surface area contributed by atoms with Gasteiger partial charge in [0.15, 0.2) is 5.78 Å². The van der Waals surface area contributed by atoms with Crippen molar-refractivity contribution in [2.75, 3.05) is 5.88 Å². The van der Waals surface area contributed by atoms with E-state index < -0.39 is 47.2 Å². The van der Waals surface area contributed by atoms with Crippen LogP contribution in [0.1, 0.15) is 46.4 Å². The molecule has 5 atom stereocenters. The standard InChI is InChI=1S/C26H22Cl3FN2O4/c27-10-9-20(23(33)13-3-6-17(30)7-4-13)31(24(34)18-8-5-16(28)12-19(18)29)32-25(35)21-14-1-2-15(11-14)22(21)26(32)36/h3-8,12,14-15,20-22H,1-2,9-11H2/t14-,15-,20-,21-,22-/m0/s1. The number of benzene rings is 2. The van der Waals surface area contributed by atoms with Crippen molar-refractivity contribution in [2.24, 2.45) is 23.7 Å². The van der Waals surface area contributed by atoms with Crippen LogP contribution in [-0.2, 0) is 9.59 Å². The first-order valence-electron chi connectivity index (χ1n) is 11.7. The molecule has 1 saturated heterocycles. The van der Waals surface area contributed by atoms with Crippen LogP contribution in [0.3, 0.4) is 0 Å². The van der Waals surface area contributed by atoms with Gasteiger partial charge in [-0.25, -0.2) is 9.40 Å². The van der Waals surface area contributed by atoms with Gasteiger partial charge in [0.2, 0.25) is 0 Å². The number of carbonyl (C=O) groups excluding carboxylic acids is 4. The minimum atomic E-state index is -1.29. The van der Waals surface area contributed by atoms with Crippen LogP contribution in [-0.4, -0.2) is 45.4 Å². The van der Waals surface area contributed by atoms with Gasteiger partial charge in [0.25, 0.3) is 17.7 Å². The quantitative estimate of drug-likeness (QED) is 0.262. The first-order chi connectivity index (χ1) is 17.2. The van der Waals surface area contributed by atoms with E-state index in [1.165, 1.54) is 30.3 Å². The molecule has 6 nitrogen and oxygen atoms in total. The Morgan fingerprint density at radius 3 is 2.17 bits per heavy atom. The van der Waals surface area contributed by atoms with E-state index in [4.69, 9.17) is 34.8 Å². The molecule has 0 radical (unpaired) electrons. The zero-order chi connectivity index (χ0) is 25.7. The Kier molecular flexibility index (Phi) is 6.83. The normalized spacial score (nSPS) is 25.3. The lowest BCUT2D eigenvalue weighted by Gasteiger charge is -2.37. The average molecular weight is 552 g/mol. The van der Waals surface area contributed by atoms with Gasteiger partial charge in [-0.15, -0.1) is 11.6 Å². The zero-order valence-electron chi connectivity index (χ0n) is 19.0. The highest BCUT2D eigenvalue weighted by Crippen LogP contribution is 2.56. The molecule has 0 aromatic heterocycles. The molecular formula is C26H22Cl3FN2O4. The van der Waals surface area contributed by atoms with E-state index in [-0.39, 0.29) is 40.3 Å². The van der Waals surface area contributed by atoms with E-state index in [1.807, 2.05) is 0 Å². The van der Waals surface area contributed by atoms with Crippen molar-refractivity contribution in [1.29, 1.82) is 0 Å². The van der Waals surface area contributed by atoms with E-state index in [0.717, 1.165) is 41.4 Å². The van der Waals surface area contributed by atoms with E-state index in [0.29, 0.717) is 5.02 Å². The summed E-state index contributed by atoms with van der Waals surface area (Å²) in [5.74, 6) is -3.77. The molecule has 0 N–H and O–H groups in total. The minimum Gasteiger partial charge on any atom is -0.292 e. The molecular weight excluding hydrogens is 530 g/mol. The second-order valence-corrected chi connectivity index (χ2v) is 10.7. The molecule has 2 aromatic rings. The summed E-state index contributed by atoms with van der Waals surface area (Å²) in [5, 5.41) is 2.08. The number of hydrogen-bond acceptors (Lipinski definition) is 4. The van der Waals surface area contributed by atoms with Crippen molar-refractivity contribution in [3.63, 3.8) is 0 Å². The highest BCUT2D eigenvalue weighted by Gasteiger charge is 2.63. The van der Waals surface area contributed by atoms with Gasteiger partial charge in [-0.3, -0.25) is 19.2 Å². The number of imide groups is 1. The Morgan fingerprint density at radius 1 is 1.00 bits per heavy atom. The van der Waals surface area contributed by atoms with Gasteiger partial charge in [-0.1, -0.05) is 23.2 Å². The predicted octanol–water partition coefficient (Wildman–Crippen LogP) is 5.40. The summed E-state index contributed by atoms with van der Waals surface area (Å²) in [5.41, 5.74) is 0.0963. The van der Waals surface area contributed by atoms with Gasteiger partial charge in [-0.2, -0.15) is 5.01 Å². The van der Waals surface area contributed by atoms with Gasteiger partial charge in [-0.05, 0) is 80.0 Å². The first kappa shape index (κ1) is 25.2. The second kappa shape index (κ2) is 9.77. The lowest BCUT2D eigenvalue weighted by molar-refractivity contribution is -0.157. The fraction of sp³-hybridized carbons (Fsp3) is 0.385. The minimum absolute atomic E-state index is 0.00992. The summed E-state index contributed by atoms with van der Waals surface area (Å²) in [4.78, 5) is 55.0. The Labute approximate surface area is 222 Å². The largest absolute Gasteiger partial charge is 0.292 e. The summed E-state index contributed by atoms with van der Waals surface area (Å²) >= 11 is 18.4. The zero-order valence-corrected chi connectivity index (χ0v) is 21.3. The van der Waals surface area contributed by atoms with Crippen LogP contribution in [0.5, 0.6) is 0 Å². The topological polar surface area (TPSA) is 74.8 Å². The maximum Gasteiger partial charge on any atom is 0.275 e. The molecule has 2 bridgehead atoms. The summed E-state index contributed by atoms with van der Waals surface area (Å²) in [7, 11) is 0. The van der Waals surface area contributed by atoms with Gasteiger partial charge >= 0.3 is 0 Å². The van der Waals surface area contributed by atoms with Crippen LogP contribution in [0.25, 0.3) is 0 Å². The number of rotatable bonds is 7. The molecule has 10 heteroatoms. The molecule has 3 aliphatic rings.